The molecule has 27 heavy (non-hydrogen) atoms. The number of anilines is 1. The maximum absolute atomic E-state index is 12.5. The molecular formula is C20H18N4O3. The first-order valence-corrected chi connectivity index (χ1v) is 8.64. The second-order valence-electron chi connectivity index (χ2n) is 6.07. The third kappa shape index (κ3) is 3.27. The van der Waals surface area contributed by atoms with Crippen molar-refractivity contribution in [2.45, 2.75) is 13.5 Å². The second kappa shape index (κ2) is 6.95. The van der Waals surface area contributed by atoms with E-state index < -0.39 is 5.97 Å². The van der Waals surface area contributed by atoms with Crippen LogP contribution in [0.25, 0.3) is 16.4 Å². The van der Waals surface area contributed by atoms with E-state index in [1.165, 1.54) is 6.20 Å². The number of hydrogen-bond donors (Lipinski definition) is 1. The van der Waals surface area contributed by atoms with Crippen LogP contribution in [-0.2, 0) is 16.1 Å². The van der Waals surface area contributed by atoms with Gasteiger partial charge in [0, 0.05) is 23.6 Å². The molecule has 7 heteroatoms. The molecule has 0 unspecified atom stereocenters. The molecule has 0 bridgehead atoms. The van der Waals surface area contributed by atoms with Gasteiger partial charge in [-0.2, -0.15) is 5.10 Å². The highest BCUT2D eigenvalue weighted by molar-refractivity contribution is 5.98. The summed E-state index contributed by atoms with van der Waals surface area (Å²) in [5.41, 5.74) is 2.54. The van der Waals surface area contributed by atoms with Crippen molar-refractivity contribution in [2.75, 3.05) is 11.9 Å². The summed E-state index contributed by atoms with van der Waals surface area (Å²) in [5.74, 6) is -0.590. The van der Waals surface area contributed by atoms with Gasteiger partial charge in [-0.25, -0.2) is 9.31 Å². The number of amides is 1. The van der Waals surface area contributed by atoms with Crippen LogP contribution in [0, 0.1) is 0 Å². The Bertz CT molecular complexity index is 1140. The highest BCUT2D eigenvalue weighted by atomic mass is 16.5. The molecule has 1 N–H and O–H groups in total. The molecule has 0 atom stereocenters. The average molecular weight is 362 g/mol. The van der Waals surface area contributed by atoms with E-state index in [1.807, 2.05) is 41.1 Å². The van der Waals surface area contributed by atoms with Crippen LogP contribution < -0.4 is 5.32 Å². The summed E-state index contributed by atoms with van der Waals surface area (Å²) in [7, 11) is 0. The van der Waals surface area contributed by atoms with Crippen LogP contribution in [0.5, 0.6) is 0 Å². The van der Waals surface area contributed by atoms with Crippen molar-refractivity contribution in [1.82, 2.24) is 14.2 Å². The summed E-state index contributed by atoms with van der Waals surface area (Å²) in [6.45, 7) is 2.24. The Balaban J connectivity index is 1.55. The Morgan fingerprint density at radius 3 is 2.81 bits per heavy atom. The monoisotopic (exact) mass is 362 g/mol. The molecule has 0 fully saturated rings. The number of fused-ring (bicyclic) bond motifs is 2. The lowest BCUT2D eigenvalue weighted by Gasteiger charge is -2.08. The number of ether oxygens (including phenoxy) is 1. The number of nitrogens with zero attached hydrogens (tertiary/aromatic N) is 3. The lowest BCUT2D eigenvalue weighted by atomic mass is 10.2. The first-order valence-electron chi connectivity index (χ1n) is 8.64. The number of carbonyl (C=O) groups excluding carboxylic acids is 2. The van der Waals surface area contributed by atoms with Gasteiger partial charge in [-0.1, -0.05) is 18.2 Å². The van der Waals surface area contributed by atoms with E-state index in [-0.39, 0.29) is 19.1 Å². The van der Waals surface area contributed by atoms with Crippen LogP contribution in [0.15, 0.2) is 61.1 Å². The minimum atomic E-state index is -0.435. The van der Waals surface area contributed by atoms with Crippen LogP contribution >= 0.6 is 0 Å². The Hall–Kier alpha value is -3.61. The molecule has 0 aliphatic heterocycles. The first kappa shape index (κ1) is 16.8. The number of carbonyl (C=O) groups is 2. The van der Waals surface area contributed by atoms with E-state index in [1.54, 1.807) is 29.8 Å². The molecule has 0 aliphatic carbocycles. The van der Waals surface area contributed by atoms with Crippen molar-refractivity contribution >= 4 is 34.0 Å². The normalized spacial score (nSPS) is 11.0. The van der Waals surface area contributed by atoms with Crippen molar-refractivity contribution in [2.24, 2.45) is 0 Å². The van der Waals surface area contributed by atoms with Crippen LogP contribution in [0.1, 0.15) is 17.3 Å². The molecule has 3 heterocycles. The Morgan fingerprint density at radius 1 is 1.11 bits per heavy atom. The van der Waals surface area contributed by atoms with Gasteiger partial charge >= 0.3 is 5.97 Å². The molecule has 0 saturated heterocycles. The van der Waals surface area contributed by atoms with Crippen molar-refractivity contribution in [3.63, 3.8) is 0 Å². The number of aromatic nitrogens is 3. The van der Waals surface area contributed by atoms with Gasteiger partial charge in [0.15, 0.2) is 0 Å². The van der Waals surface area contributed by atoms with Crippen molar-refractivity contribution in [1.29, 1.82) is 0 Å². The van der Waals surface area contributed by atoms with Gasteiger partial charge in [-0.05, 0) is 36.6 Å². The van der Waals surface area contributed by atoms with Crippen LogP contribution in [0.3, 0.4) is 0 Å². The third-order valence-electron chi connectivity index (χ3n) is 4.29. The summed E-state index contributed by atoms with van der Waals surface area (Å²) in [5, 5.41) is 8.10. The first-order chi connectivity index (χ1) is 13.2. The smallest absolute Gasteiger partial charge is 0.341 e. The molecule has 0 radical (unpaired) electrons. The van der Waals surface area contributed by atoms with E-state index in [4.69, 9.17) is 4.74 Å². The van der Waals surface area contributed by atoms with E-state index in [0.29, 0.717) is 16.8 Å². The molecule has 136 valence electrons. The van der Waals surface area contributed by atoms with E-state index in [9.17, 15) is 9.59 Å². The minimum Gasteiger partial charge on any atom is -0.462 e. The van der Waals surface area contributed by atoms with Crippen molar-refractivity contribution < 1.29 is 14.3 Å². The average Bonchev–Trinajstić information content (AvgIpc) is 3.26. The molecule has 4 rings (SSSR count). The van der Waals surface area contributed by atoms with E-state index >= 15 is 0 Å². The number of esters is 1. The minimum absolute atomic E-state index is 0.155. The summed E-state index contributed by atoms with van der Waals surface area (Å²) in [4.78, 5) is 24.5. The molecular weight excluding hydrogens is 344 g/mol. The zero-order valence-corrected chi connectivity index (χ0v) is 14.8. The van der Waals surface area contributed by atoms with Gasteiger partial charge in [-0.15, -0.1) is 0 Å². The fourth-order valence-electron chi connectivity index (χ4n) is 3.06. The summed E-state index contributed by atoms with van der Waals surface area (Å²) in [6.07, 6.45) is 5.05. The Kier molecular flexibility index (Phi) is 4.33. The molecule has 7 nitrogen and oxygen atoms in total. The number of para-hydroxylation sites is 1. The molecule has 0 saturated carbocycles. The number of hydrogen-bond acceptors (Lipinski definition) is 4. The van der Waals surface area contributed by atoms with Gasteiger partial charge < -0.3 is 14.6 Å². The standard InChI is InChI=1S/C20H18N4O3/c1-2-27-20(26)16-12-21-24-10-8-15(11-18(16)24)22-19(25)13-23-9-7-14-5-3-4-6-17(14)23/h3-12H,2,13H2,1H3,(H,22,25). The molecule has 0 spiro atoms. The van der Waals surface area contributed by atoms with Gasteiger partial charge in [0.25, 0.3) is 0 Å². The highest BCUT2D eigenvalue weighted by Crippen LogP contribution is 2.18. The Morgan fingerprint density at radius 2 is 1.96 bits per heavy atom. The molecule has 4 aromatic rings. The number of pyridine rings is 1. The summed E-state index contributed by atoms with van der Waals surface area (Å²) < 4.78 is 8.51. The highest BCUT2D eigenvalue weighted by Gasteiger charge is 2.15. The number of rotatable bonds is 5. The van der Waals surface area contributed by atoms with Crippen molar-refractivity contribution in [3.05, 3.63) is 66.6 Å². The number of benzene rings is 1. The number of nitrogens with one attached hydrogen (secondary N) is 1. The van der Waals surface area contributed by atoms with Crippen LogP contribution in [0.2, 0.25) is 0 Å². The third-order valence-corrected chi connectivity index (χ3v) is 4.29. The fourth-order valence-corrected chi connectivity index (χ4v) is 3.06. The SMILES string of the molecule is CCOC(=O)c1cnn2ccc(NC(=O)Cn3ccc4ccccc43)cc12. The largest absolute Gasteiger partial charge is 0.462 e. The zero-order valence-electron chi connectivity index (χ0n) is 14.8. The molecule has 0 aliphatic rings. The van der Waals surface area contributed by atoms with E-state index in [2.05, 4.69) is 10.4 Å². The fraction of sp³-hybridized carbons (Fsp3) is 0.150. The molecule has 1 aromatic carbocycles. The van der Waals surface area contributed by atoms with E-state index in [0.717, 1.165) is 10.9 Å². The lowest BCUT2D eigenvalue weighted by Crippen LogP contribution is -2.18. The molecule has 3 aromatic heterocycles. The van der Waals surface area contributed by atoms with Crippen LogP contribution in [0.4, 0.5) is 5.69 Å². The second-order valence-corrected chi connectivity index (χ2v) is 6.07. The summed E-state index contributed by atoms with van der Waals surface area (Å²) >= 11 is 0. The maximum atomic E-state index is 12.5. The predicted octanol–water partition coefficient (Wildman–Crippen LogP) is 3.10. The lowest BCUT2D eigenvalue weighted by molar-refractivity contribution is -0.116. The van der Waals surface area contributed by atoms with Crippen LogP contribution in [-0.4, -0.2) is 32.7 Å². The maximum Gasteiger partial charge on any atom is 0.341 e. The van der Waals surface area contributed by atoms with Crippen molar-refractivity contribution in [3.8, 4) is 0 Å². The molecule has 1 amide bonds. The zero-order chi connectivity index (χ0) is 18.8. The van der Waals surface area contributed by atoms with Gasteiger partial charge in [0.05, 0.1) is 18.3 Å². The van der Waals surface area contributed by atoms with Gasteiger partial charge in [0.2, 0.25) is 5.91 Å². The summed E-state index contributed by atoms with van der Waals surface area (Å²) in [6, 6.07) is 13.3. The predicted molar refractivity (Wildman–Crippen MR) is 102 cm³/mol. The Labute approximate surface area is 155 Å². The topological polar surface area (TPSA) is 77.6 Å². The van der Waals surface area contributed by atoms with Gasteiger partial charge in [0.1, 0.15) is 12.1 Å². The van der Waals surface area contributed by atoms with Gasteiger partial charge in [-0.3, -0.25) is 4.79 Å². The quantitative estimate of drug-likeness (QED) is 0.554.